The molecule has 4 aromatic rings. The Hall–Kier alpha value is -4.59. The molecule has 0 aliphatic carbocycles. The highest BCUT2D eigenvalue weighted by Gasteiger charge is 2.54. The number of fused-ring (bicyclic) bond motifs is 1. The molecule has 2 aliphatic heterocycles. The van der Waals surface area contributed by atoms with Crippen LogP contribution in [-0.4, -0.2) is 52.6 Å². The molecular formula is C29H26N6O2. The summed E-state index contributed by atoms with van der Waals surface area (Å²) in [4.78, 5) is 17.4. The van der Waals surface area contributed by atoms with Crippen LogP contribution in [0.1, 0.15) is 6.92 Å². The second-order valence-corrected chi connectivity index (χ2v) is 9.23. The number of hydrogen-bond donors (Lipinski definition) is 0. The minimum atomic E-state index is -0.796. The van der Waals surface area contributed by atoms with Gasteiger partial charge in [0.15, 0.2) is 11.6 Å². The Bertz CT molecular complexity index is 1430. The fraction of sp³-hybridized carbons (Fsp3) is 0.207. The SMILES string of the molecule is CCOC(=O)C12CN(c3ccc(-c4ccccc4)nn3)C=C1CN(c1ccc(-c3ccccc3)nn1)C2. The Kier molecular flexibility index (Phi) is 5.84. The fourth-order valence-corrected chi connectivity index (χ4v) is 5.02. The Balaban J connectivity index is 1.25. The van der Waals surface area contributed by atoms with Crippen LogP contribution in [0.15, 0.2) is 96.7 Å². The van der Waals surface area contributed by atoms with E-state index in [0.29, 0.717) is 32.1 Å². The minimum Gasteiger partial charge on any atom is -0.465 e. The largest absolute Gasteiger partial charge is 0.465 e. The normalized spacial score (nSPS) is 18.5. The van der Waals surface area contributed by atoms with E-state index >= 15 is 0 Å². The van der Waals surface area contributed by atoms with E-state index in [1.165, 1.54) is 0 Å². The van der Waals surface area contributed by atoms with Crippen molar-refractivity contribution in [2.75, 3.05) is 36.0 Å². The number of rotatable bonds is 6. The molecule has 0 bridgehead atoms. The van der Waals surface area contributed by atoms with Gasteiger partial charge in [0, 0.05) is 37.0 Å². The lowest BCUT2D eigenvalue weighted by atomic mass is 9.85. The van der Waals surface area contributed by atoms with Gasteiger partial charge in [-0.1, -0.05) is 60.7 Å². The van der Waals surface area contributed by atoms with Crippen molar-refractivity contribution < 1.29 is 9.53 Å². The van der Waals surface area contributed by atoms with Gasteiger partial charge < -0.3 is 14.5 Å². The van der Waals surface area contributed by atoms with E-state index in [-0.39, 0.29) is 5.97 Å². The number of aromatic nitrogens is 4. The van der Waals surface area contributed by atoms with Crippen molar-refractivity contribution in [1.29, 1.82) is 0 Å². The number of benzene rings is 2. The van der Waals surface area contributed by atoms with Crippen LogP contribution in [0.2, 0.25) is 0 Å². The number of nitrogens with zero attached hydrogens (tertiary/aromatic N) is 6. The lowest BCUT2D eigenvalue weighted by Crippen LogP contribution is -2.42. The lowest BCUT2D eigenvalue weighted by Gasteiger charge is -2.27. The molecule has 1 atom stereocenters. The molecule has 2 aromatic heterocycles. The van der Waals surface area contributed by atoms with Gasteiger partial charge in [0.1, 0.15) is 5.41 Å². The molecule has 2 aromatic carbocycles. The molecule has 8 nitrogen and oxygen atoms in total. The van der Waals surface area contributed by atoms with Crippen molar-refractivity contribution in [1.82, 2.24) is 20.4 Å². The van der Waals surface area contributed by atoms with Crippen LogP contribution in [0.4, 0.5) is 11.6 Å². The zero-order chi connectivity index (χ0) is 25.2. The van der Waals surface area contributed by atoms with Crippen LogP contribution in [0.5, 0.6) is 0 Å². The summed E-state index contributed by atoms with van der Waals surface area (Å²) in [6, 6.07) is 27.7. The van der Waals surface area contributed by atoms with Gasteiger partial charge in [0.2, 0.25) is 0 Å². The molecule has 6 rings (SSSR count). The van der Waals surface area contributed by atoms with Gasteiger partial charge in [0.25, 0.3) is 0 Å². The number of esters is 1. The van der Waals surface area contributed by atoms with E-state index in [9.17, 15) is 4.79 Å². The highest BCUT2D eigenvalue weighted by atomic mass is 16.5. The zero-order valence-electron chi connectivity index (χ0n) is 20.5. The van der Waals surface area contributed by atoms with Crippen LogP contribution in [0.3, 0.4) is 0 Å². The summed E-state index contributed by atoms with van der Waals surface area (Å²) in [5.74, 6) is 1.20. The van der Waals surface area contributed by atoms with E-state index in [0.717, 1.165) is 33.9 Å². The number of carbonyl (C=O) groups excluding carboxylic acids is 1. The molecule has 2 aliphatic rings. The number of carbonyl (C=O) groups is 1. The molecule has 8 heteroatoms. The Morgan fingerprint density at radius 3 is 1.92 bits per heavy atom. The Labute approximate surface area is 215 Å². The molecule has 1 fully saturated rings. The van der Waals surface area contributed by atoms with Crippen LogP contribution in [-0.2, 0) is 9.53 Å². The highest BCUT2D eigenvalue weighted by Crippen LogP contribution is 2.44. The monoisotopic (exact) mass is 490 g/mol. The van der Waals surface area contributed by atoms with Gasteiger partial charge in [-0.25, -0.2) is 0 Å². The second-order valence-electron chi connectivity index (χ2n) is 9.23. The predicted molar refractivity (Wildman–Crippen MR) is 142 cm³/mol. The summed E-state index contributed by atoms with van der Waals surface area (Å²) < 4.78 is 5.55. The van der Waals surface area contributed by atoms with Gasteiger partial charge in [-0.05, 0) is 36.8 Å². The van der Waals surface area contributed by atoms with Crippen LogP contribution < -0.4 is 9.80 Å². The quantitative estimate of drug-likeness (QED) is 0.369. The smallest absolute Gasteiger partial charge is 0.320 e. The maximum absolute atomic E-state index is 13.3. The van der Waals surface area contributed by atoms with Crippen LogP contribution in [0.25, 0.3) is 22.5 Å². The fourth-order valence-electron chi connectivity index (χ4n) is 5.02. The van der Waals surface area contributed by atoms with Crippen LogP contribution in [0, 0.1) is 5.41 Å². The van der Waals surface area contributed by atoms with E-state index in [1.54, 1.807) is 0 Å². The molecule has 0 spiro atoms. The molecule has 0 radical (unpaired) electrons. The standard InChI is InChI=1S/C29H26N6O2/c1-2-37-28(36)29-19-34(26-15-13-24(30-32-26)21-9-5-3-6-10-21)17-23(29)18-35(20-29)27-16-14-25(31-33-27)22-11-7-4-8-12-22/h3-17H,2,18-20H2,1H3. The van der Waals surface area contributed by atoms with E-state index in [2.05, 4.69) is 25.3 Å². The summed E-state index contributed by atoms with van der Waals surface area (Å²) in [5.41, 5.74) is 3.83. The first-order valence-electron chi connectivity index (χ1n) is 12.3. The molecular weight excluding hydrogens is 464 g/mol. The Morgan fingerprint density at radius 2 is 1.38 bits per heavy atom. The second kappa shape index (κ2) is 9.46. The third-order valence-corrected chi connectivity index (χ3v) is 6.91. The summed E-state index contributed by atoms with van der Waals surface area (Å²) in [6.07, 6.45) is 2.01. The topological polar surface area (TPSA) is 84.3 Å². The van der Waals surface area contributed by atoms with Gasteiger partial charge in [-0.3, -0.25) is 4.79 Å². The predicted octanol–water partition coefficient (Wildman–Crippen LogP) is 4.37. The van der Waals surface area contributed by atoms with Crippen molar-refractivity contribution in [2.45, 2.75) is 6.92 Å². The molecule has 0 N–H and O–H groups in total. The van der Waals surface area contributed by atoms with E-state index < -0.39 is 5.41 Å². The first kappa shape index (κ1) is 22.8. The van der Waals surface area contributed by atoms with Gasteiger partial charge in [0.05, 0.1) is 18.0 Å². The van der Waals surface area contributed by atoms with E-state index in [4.69, 9.17) is 4.74 Å². The first-order valence-corrected chi connectivity index (χ1v) is 12.3. The molecule has 1 unspecified atom stereocenters. The minimum absolute atomic E-state index is 0.228. The molecule has 0 amide bonds. The number of anilines is 2. The third-order valence-electron chi connectivity index (χ3n) is 6.91. The van der Waals surface area contributed by atoms with E-state index in [1.807, 2.05) is 103 Å². The van der Waals surface area contributed by atoms with Crippen molar-refractivity contribution in [3.63, 3.8) is 0 Å². The summed E-state index contributed by atoms with van der Waals surface area (Å²) >= 11 is 0. The zero-order valence-corrected chi connectivity index (χ0v) is 20.5. The molecule has 0 saturated carbocycles. The molecule has 4 heterocycles. The van der Waals surface area contributed by atoms with Crippen molar-refractivity contribution in [3.8, 4) is 22.5 Å². The van der Waals surface area contributed by atoms with Gasteiger partial charge in [-0.2, -0.15) is 0 Å². The average molecular weight is 491 g/mol. The Morgan fingerprint density at radius 1 is 0.784 bits per heavy atom. The number of hydrogen-bond acceptors (Lipinski definition) is 8. The maximum atomic E-state index is 13.3. The lowest BCUT2D eigenvalue weighted by molar-refractivity contribution is -0.151. The average Bonchev–Trinajstić information content (AvgIpc) is 3.51. The summed E-state index contributed by atoms with van der Waals surface area (Å²) in [5, 5.41) is 17.8. The first-order chi connectivity index (χ1) is 18.2. The third kappa shape index (κ3) is 4.20. The van der Waals surface area contributed by atoms with Crippen molar-refractivity contribution in [2.24, 2.45) is 5.41 Å². The van der Waals surface area contributed by atoms with Crippen LogP contribution >= 0.6 is 0 Å². The molecule has 184 valence electrons. The highest BCUT2D eigenvalue weighted by molar-refractivity contribution is 5.86. The van der Waals surface area contributed by atoms with Gasteiger partial charge >= 0.3 is 5.97 Å². The summed E-state index contributed by atoms with van der Waals surface area (Å²) in [6.45, 7) is 3.61. The molecule has 37 heavy (non-hydrogen) atoms. The maximum Gasteiger partial charge on any atom is 0.320 e. The molecule has 1 saturated heterocycles. The van der Waals surface area contributed by atoms with Crippen molar-refractivity contribution >= 4 is 17.6 Å². The number of ether oxygens (including phenoxy) is 1. The van der Waals surface area contributed by atoms with Gasteiger partial charge in [-0.15, -0.1) is 20.4 Å². The van der Waals surface area contributed by atoms with Crippen molar-refractivity contribution in [3.05, 3.63) is 96.7 Å². The summed E-state index contributed by atoms with van der Waals surface area (Å²) in [7, 11) is 0.